The standard InChI is InChI=1S/C24H26N2O5S/c1-15-7-9-20(12-17(15)3)26-32(28,29)23-13-18(8-6-16(23)2)24(27)25-19-10-11-21(30-4)22(14-19)31-5/h6-14,26H,1-5H3,(H,25,27). The molecule has 0 aliphatic rings. The van der Waals surface area contributed by atoms with E-state index in [-0.39, 0.29) is 10.5 Å². The molecule has 0 unspecified atom stereocenters. The fourth-order valence-corrected chi connectivity index (χ4v) is 4.48. The number of nitrogens with one attached hydrogen (secondary N) is 2. The maximum atomic E-state index is 13.0. The molecule has 32 heavy (non-hydrogen) atoms. The first kappa shape index (κ1) is 23.1. The Balaban J connectivity index is 1.87. The van der Waals surface area contributed by atoms with Crippen LogP contribution in [0.25, 0.3) is 0 Å². The molecule has 7 nitrogen and oxygen atoms in total. The summed E-state index contributed by atoms with van der Waals surface area (Å²) in [5.74, 6) is 0.557. The summed E-state index contributed by atoms with van der Waals surface area (Å²) in [6, 6.07) is 14.9. The van der Waals surface area contributed by atoms with E-state index in [0.29, 0.717) is 28.4 Å². The van der Waals surface area contributed by atoms with Gasteiger partial charge < -0.3 is 14.8 Å². The number of ether oxygens (including phenoxy) is 2. The van der Waals surface area contributed by atoms with Crippen LogP contribution in [0.1, 0.15) is 27.0 Å². The molecule has 0 atom stereocenters. The quantitative estimate of drug-likeness (QED) is 0.541. The van der Waals surface area contributed by atoms with E-state index in [1.165, 1.54) is 20.3 Å². The first-order valence-corrected chi connectivity index (χ1v) is 11.4. The van der Waals surface area contributed by atoms with Crippen LogP contribution in [0.15, 0.2) is 59.5 Å². The monoisotopic (exact) mass is 454 g/mol. The molecule has 3 aromatic rings. The fraction of sp³-hybridized carbons (Fsp3) is 0.208. The minimum Gasteiger partial charge on any atom is -0.493 e. The number of carbonyl (C=O) groups is 1. The van der Waals surface area contributed by atoms with Gasteiger partial charge in [-0.1, -0.05) is 12.1 Å². The van der Waals surface area contributed by atoms with Gasteiger partial charge in [-0.15, -0.1) is 0 Å². The smallest absolute Gasteiger partial charge is 0.262 e. The number of aryl methyl sites for hydroxylation is 3. The van der Waals surface area contributed by atoms with Gasteiger partial charge in [0.25, 0.3) is 15.9 Å². The summed E-state index contributed by atoms with van der Waals surface area (Å²) in [6.07, 6.45) is 0. The van der Waals surface area contributed by atoms with Crippen molar-refractivity contribution in [3.05, 3.63) is 76.9 Å². The van der Waals surface area contributed by atoms with E-state index >= 15 is 0 Å². The minimum absolute atomic E-state index is 0.0377. The predicted molar refractivity (Wildman–Crippen MR) is 125 cm³/mol. The van der Waals surface area contributed by atoms with Crippen molar-refractivity contribution in [2.45, 2.75) is 25.7 Å². The number of hydrogen-bond donors (Lipinski definition) is 2. The van der Waals surface area contributed by atoms with Crippen LogP contribution in [0.4, 0.5) is 11.4 Å². The fourth-order valence-electron chi connectivity index (χ4n) is 3.16. The van der Waals surface area contributed by atoms with Crippen molar-refractivity contribution >= 4 is 27.3 Å². The zero-order valence-corrected chi connectivity index (χ0v) is 19.5. The number of rotatable bonds is 7. The van der Waals surface area contributed by atoms with Gasteiger partial charge >= 0.3 is 0 Å². The van der Waals surface area contributed by atoms with Crippen LogP contribution < -0.4 is 19.5 Å². The average molecular weight is 455 g/mol. The number of methoxy groups -OCH3 is 2. The Bertz CT molecular complexity index is 1270. The number of benzene rings is 3. The molecule has 0 saturated carbocycles. The van der Waals surface area contributed by atoms with Crippen molar-refractivity contribution in [3.8, 4) is 11.5 Å². The Labute approximate surface area is 188 Å². The lowest BCUT2D eigenvalue weighted by atomic mass is 10.1. The van der Waals surface area contributed by atoms with Crippen LogP contribution in [0.2, 0.25) is 0 Å². The minimum atomic E-state index is -3.89. The summed E-state index contributed by atoms with van der Waals surface area (Å²) in [6.45, 7) is 5.56. The van der Waals surface area contributed by atoms with Gasteiger partial charge in [-0.3, -0.25) is 9.52 Å². The molecule has 3 rings (SSSR count). The third kappa shape index (κ3) is 5.03. The first-order chi connectivity index (χ1) is 15.1. The largest absolute Gasteiger partial charge is 0.493 e. The number of hydrogen-bond acceptors (Lipinski definition) is 5. The summed E-state index contributed by atoms with van der Waals surface area (Å²) in [5, 5.41) is 2.76. The van der Waals surface area contributed by atoms with Gasteiger partial charge in [0.1, 0.15) is 0 Å². The summed E-state index contributed by atoms with van der Waals surface area (Å²) in [4.78, 5) is 12.8. The molecule has 0 radical (unpaired) electrons. The zero-order chi connectivity index (χ0) is 23.5. The predicted octanol–water partition coefficient (Wildman–Crippen LogP) is 4.68. The van der Waals surface area contributed by atoms with Gasteiger partial charge in [0.2, 0.25) is 0 Å². The van der Waals surface area contributed by atoms with E-state index in [4.69, 9.17) is 9.47 Å². The molecule has 2 N–H and O–H groups in total. The molecule has 0 heterocycles. The van der Waals surface area contributed by atoms with E-state index < -0.39 is 15.9 Å². The molecule has 8 heteroatoms. The van der Waals surface area contributed by atoms with Crippen molar-refractivity contribution in [3.63, 3.8) is 0 Å². The lowest BCUT2D eigenvalue weighted by Gasteiger charge is -2.14. The van der Waals surface area contributed by atoms with Crippen LogP contribution in [-0.4, -0.2) is 28.5 Å². The third-order valence-electron chi connectivity index (χ3n) is 5.14. The summed E-state index contributed by atoms with van der Waals surface area (Å²) < 4.78 is 39.1. The molecule has 1 amide bonds. The second-order valence-electron chi connectivity index (χ2n) is 7.41. The molecule has 0 aliphatic carbocycles. The molecular formula is C24H26N2O5S. The summed E-state index contributed by atoms with van der Waals surface area (Å²) in [7, 11) is -0.861. The lowest BCUT2D eigenvalue weighted by Crippen LogP contribution is -2.17. The van der Waals surface area contributed by atoms with Crippen molar-refractivity contribution < 1.29 is 22.7 Å². The second kappa shape index (κ2) is 9.32. The van der Waals surface area contributed by atoms with Crippen LogP contribution in [0.5, 0.6) is 11.5 Å². The SMILES string of the molecule is COc1ccc(NC(=O)c2ccc(C)c(S(=O)(=O)Nc3ccc(C)c(C)c3)c2)cc1OC. The van der Waals surface area contributed by atoms with Gasteiger partial charge in [0, 0.05) is 23.0 Å². The van der Waals surface area contributed by atoms with Crippen LogP contribution in [0, 0.1) is 20.8 Å². The Morgan fingerprint density at radius 1 is 0.750 bits per heavy atom. The Morgan fingerprint density at radius 2 is 1.41 bits per heavy atom. The molecule has 0 bridgehead atoms. The number of amides is 1. The van der Waals surface area contributed by atoms with Crippen molar-refractivity contribution in [1.82, 2.24) is 0 Å². The van der Waals surface area contributed by atoms with E-state index in [9.17, 15) is 13.2 Å². The maximum Gasteiger partial charge on any atom is 0.262 e. The second-order valence-corrected chi connectivity index (χ2v) is 9.06. The number of anilines is 2. The number of sulfonamides is 1. The number of carbonyl (C=O) groups excluding carboxylic acids is 1. The highest BCUT2D eigenvalue weighted by Gasteiger charge is 2.20. The molecule has 3 aromatic carbocycles. The van der Waals surface area contributed by atoms with Gasteiger partial charge in [-0.25, -0.2) is 8.42 Å². The van der Waals surface area contributed by atoms with Gasteiger partial charge in [-0.2, -0.15) is 0 Å². The first-order valence-electron chi connectivity index (χ1n) is 9.88. The van der Waals surface area contributed by atoms with E-state index in [2.05, 4.69) is 10.0 Å². The highest BCUT2D eigenvalue weighted by atomic mass is 32.2. The van der Waals surface area contributed by atoms with Crippen LogP contribution >= 0.6 is 0 Å². The molecule has 0 aliphatic heterocycles. The van der Waals surface area contributed by atoms with E-state index in [0.717, 1.165) is 11.1 Å². The molecule has 0 saturated heterocycles. The average Bonchev–Trinajstić information content (AvgIpc) is 2.76. The van der Waals surface area contributed by atoms with Gasteiger partial charge in [0.05, 0.1) is 19.1 Å². The van der Waals surface area contributed by atoms with E-state index in [1.807, 2.05) is 19.9 Å². The Hall–Kier alpha value is -3.52. The van der Waals surface area contributed by atoms with Crippen LogP contribution in [-0.2, 0) is 10.0 Å². The van der Waals surface area contributed by atoms with Crippen LogP contribution in [0.3, 0.4) is 0 Å². The lowest BCUT2D eigenvalue weighted by molar-refractivity contribution is 0.102. The van der Waals surface area contributed by atoms with E-state index in [1.54, 1.807) is 49.4 Å². The summed E-state index contributed by atoms with van der Waals surface area (Å²) in [5.41, 5.74) is 3.75. The third-order valence-corrected chi connectivity index (χ3v) is 6.66. The molecule has 0 spiro atoms. The van der Waals surface area contributed by atoms with Crippen molar-refractivity contribution in [2.24, 2.45) is 0 Å². The molecule has 168 valence electrons. The Kier molecular flexibility index (Phi) is 6.74. The highest BCUT2D eigenvalue weighted by molar-refractivity contribution is 7.92. The highest BCUT2D eigenvalue weighted by Crippen LogP contribution is 2.30. The van der Waals surface area contributed by atoms with Gasteiger partial charge in [0.15, 0.2) is 11.5 Å². The van der Waals surface area contributed by atoms with Gasteiger partial charge in [-0.05, 0) is 73.9 Å². The maximum absolute atomic E-state index is 13.0. The molecule has 0 aromatic heterocycles. The molecular weight excluding hydrogens is 428 g/mol. The normalized spacial score (nSPS) is 11.0. The topological polar surface area (TPSA) is 93.7 Å². The summed E-state index contributed by atoms with van der Waals surface area (Å²) >= 11 is 0. The van der Waals surface area contributed by atoms with Crippen molar-refractivity contribution in [1.29, 1.82) is 0 Å². The Morgan fingerprint density at radius 3 is 2.06 bits per heavy atom. The molecule has 0 fully saturated rings. The zero-order valence-electron chi connectivity index (χ0n) is 18.6. The van der Waals surface area contributed by atoms with Crippen molar-refractivity contribution in [2.75, 3.05) is 24.3 Å².